The van der Waals surface area contributed by atoms with Crippen molar-refractivity contribution < 1.29 is 19.1 Å². The van der Waals surface area contributed by atoms with E-state index in [1.54, 1.807) is 5.38 Å². The number of hydrogen-bond acceptors (Lipinski definition) is 6. The maximum atomic E-state index is 12.0. The van der Waals surface area contributed by atoms with Crippen LogP contribution in [0.2, 0.25) is 0 Å². The predicted octanol–water partition coefficient (Wildman–Crippen LogP) is -0.178. The van der Waals surface area contributed by atoms with Crippen LogP contribution < -0.4 is 10.6 Å². The SMILES string of the molecule is COC(=O)Nc1nc(CC(=O)N2CCNC(=O)C2)cs1. The van der Waals surface area contributed by atoms with Gasteiger partial charge >= 0.3 is 6.09 Å². The first-order valence-corrected chi connectivity index (χ1v) is 6.80. The number of piperazine rings is 1. The molecule has 8 nitrogen and oxygen atoms in total. The Hall–Kier alpha value is -2.16. The summed E-state index contributed by atoms with van der Waals surface area (Å²) < 4.78 is 4.45. The number of anilines is 1. The standard InChI is InChI=1S/C11H14N4O4S/c1-19-11(18)14-10-13-7(6-20-10)4-9(17)15-3-2-12-8(16)5-15/h6H,2-5H2,1H3,(H,12,16)(H,13,14,18). The number of amides is 3. The molecule has 108 valence electrons. The zero-order chi connectivity index (χ0) is 14.5. The summed E-state index contributed by atoms with van der Waals surface area (Å²) in [6.45, 7) is 1.05. The topological polar surface area (TPSA) is 101 Å². The highest BCUT2D eigenvalue weighted by molar-refractivity contribution is 7.13. The van der Waals surface area contributed by atoms with E-state index in [1.807, 2.05) is 0 Å². The fourth-order valence-corrected chi connectivity index (χ4v) is 2.40. The summed E-state index contributed by atoms with van der Waals surface area (Å²) in [5, 5.41) is 7.14. The monoisotopic (exact) mass is 298 g/mol. The van der Waals surface area contributed by atoms with E-state index in [0.717, 1.165) is 0 Å². The Kier molecular flexibility index (Phi) is 4.51. The molecule has 1 aromatic rings. The first-order chi connectivity index (χ1) is 9.58. The number of rotatable bonds is 3. The molecule has 9 heteroatoms. The molecule has 1 aromatic heterocycles. The number of aromatic nitrogens is 1. The van der Waals surface area contributed by atoms with E-state index in [2.05, 4.69) is 20.4 Å². The maximum absolute atomic E-state index is 12.0. The van der Waals surface area contributed by atoms with E-state index in [4.69, 9.17) is 0 Å². The summed E-state index contributed by atoms with van der Waals surface area (Å²) in [5.74, 6) is -0.314. The van der Waals surface area contributed by atoms with Gasteiger partial charge in [-0.3, -0.25) is 14.9 Å². The molecule has 2 rings (SSSR count). The van der Waals surface area contributed by atoms with Gasteiger partial charge in [-0.25, -0.2) is 9.78 Å². The van der Waals surface area contributed by atoms with Crippen LogP contribution in [0.1, 0.15) is 5.69 Å². The van der Waals surface area contributed by atoms with Crippen molar-refractivity contribution in [2.45, 2.75) is 6.42 Å². The molecule has 3 amide bonds. The van der Waals surface area contributed by atoms with Gasteiger partial charge in [0, 0.05) is 18.5 Å². The Balaban J connectivity index is 1.91. The van der Waals surface area contributed by atoms with Crippen molar-refractivity contribution in [3.8, 4) is 0 Å². The Morgan fingerprint density at radius 1 is 1.60 bits per heavy atom. The first-order valence-electron chi connectivity index (χ1n) is 5.92. The number of nitrogens with zero attached hydrogens (tertiary/aromatic N) is 2. The second kappa shape index (κ2) is 6.33. The molecule has 0 bridgehead atoms. The normalized spacial score (nSPS) is 14.7. The smallest absolute Gasteiger partial charge is 0.413 e. The quantitative estimate of drug-likeness (QED) is 0.806. The Morgan fingerprint density at radius 2 is 2.40 bits per heavy atom. The molecule has 20 heavy (non-hydrogen) atoms. The molecule has 0 atom stereocenters. The second-order valence-corrected chi connectivity index (χ2v) is 4.96. The van der Waals surface area contributed by atoms with Gasteiger partial charge in [-0.05, 0) is 0 Å². The lowest BCUT2D eigenvalue weighted by molar-refractivity contribution is -0.137. The third-order valence-electron chi connectivity index (χ3n) is 2.67. The van der Waals surface area contributed by atoms with Crippen LogP contribution in [0.4, 0.5) is 9.93 Å². The molecule has 1 aliphatic heterocycles. The van der Waals surface area contributed by atoms with Crippen molar-refractivity contribution in [2.24, 2.45) is 0 Å². The van der Waals surface area contributed by atoms with Gasteiger partial charge in [0.05, 0.1) is 25.8 Å². The minimum atomic E-state index is -0.607. The molecule has 0 radical (unpaired) electrons. The third-order valence-corrected chi connectivity index (χ3v) is 3.48. The zero-order valence-corrected chi connectivity index (χ0v) is 11.7. The summed E-state index contributed by atoms with van der Waals surface area (Å²) in [6, 6.07) is 0. The number of carbonyl (C=O) groups excluding carboxylic acids is 3. The minimum absolute atomic E-state index is 0.0796. The van der Waals surface area contributed by atoms with Crippen LogP contribution >= 0.6 is 11.3 Å². The van der Waals surface area contributed by atoms with Gasteiger partial charge in [0.15, 0.2) is 5.13 Å². The molecule has 2 N–H and O–H groups in total. The highest BCUT2D eigenvalue weighted by Gasteiger charge is 2.21. The highest BCUT2D eigenvalue weighted by atomic mass is 32.1. The minimum Gasteiger partial charge on any atom is -0.453 e. The summed E-state index contributed by atoms with van der Waals surface area (Å²) in [6.07, 6.45) is -0.503. The zero-order valence-electron chi connectivity index (χ0n) is 10.8. The number of ether oxygens (including phenoxy) is 1. The summed E-state index contributed by atoms with van der Waals surface area (Å²) in [4.78, 5) is 39.8. The van der Waals surface area contributed by atoms with Gasteiger partial charge in [-0.1, -0.05) is 0 Å². The number of carbonyl (C=O) groups is 3. The average molecular weight is 298 g/mol. The van der Waals surface area contributed by atoms with Crippen LogP contribution in [0.5, 0.6) is 0 Å². The van der Waals surface area contributed by atoms with E-state index in [9.17, 15) is 14.4 Å². The fraction of sp³-hybridized carbons (Fsp3) is 0.455. The van der Waals surface area contributed by atoms with Crippen LogP contribution in [-0.2, 0) is 20.7 Å². The molecule has 0 saturated carbocycles. The summed E-state index contributed by atoms with van der Waals surface area (Å²) in [5.41, 5.74) is 0.553. The average Bonchev–Trinajstić information content (AvgIpc) is 2.85. The Bertz CT molecular complexity index is 530. The molecule has 2 heterocycles. The lowest BCUT2D eigenvalue weighted by atomic mass is 10.2. The second-order valence-electron chi connectivity index (χ2n) is 4.10. The number of nitrogens with one attached hydrogen (secondary N) is 2. The Labute approximate surface area is 119 Å². The van der Waals surface area contributed by atoms with E-state index in [0.29, 0.717) is 23.9 Å². The van der Waals surface area contributed by atoms with Gasteiger partial charge < -0.3 is 15.0 Å². The fourth-order valence-electron chi connectivity index (χ4n) is 1.70. The molecule has 0 unspecified atom stereocenters. The van der Waals surface area contributed by atoms with Crippen LogP contribution in [0.25, 0.3) is 0 Å². The molecule has 1 aliphatic rings. The van der Waals surface area contributed by atoms with Gasteiger partial charge in [-0.15, -0.1) is 11.3 Å². The lowest BCUT2D eigenvalue weighted by Gasteiger charge is -2.26. The van der Waals surface area contributed by atoms with Crippen molar-refractivity contribution >= 4 is 34.4 Å². The summed E-state index contributed by atoms with van der Waals surface area (Å²) in [7, 11) is 1.26. The predicted molar refractivity (Wildman–Crippen MR) is 71.4 cm³/mol. The first kappa shape index (κ1) is 14.3. The molecule has 0 spiro atoms. The van der Waals surface area contributed by atoms with Crippen LogP contribution in [0.3, 0.4) is 0 Å². The lowest BCUT2D eigenvalue weighted by Crippen LogP contribution is -2.50. The van der Waals surface area contributed by atoms with E-state index in [-0.39, 0.29) is 24.8 Å². The largest absolute Gasteiger partial charge is 0.453 e. The van der Waals surface area contributed by atoms with Crippen LogP contribution in [0.15, 0.2) is 5.38 Å². The molecule has 0 aromatic carbocycles. The number of thiazole rings is 1. The highest BCUT2D eigenvalue weighted by Crippen LogP contribution is 2.16. The van der Waals surface area contributed by atoms with Crippen molar-refractivity contribution in [1.29, 1.82) is 0 Å². The van der Waals surface area contributed by atoms with Gasteiger partial charge in [0.2, 0.25) is 11.8 Å². The van der Waals surface area contributed by atoms with Gasteiger partial charge in [0.1, 0.15) is 0 Å². The molecular formula is C11H14N4O4S. The van der Waals surface area contributed by atoms with Crippen molar-refractivity contribution in [1.82, 2.24) is 15.2 Å². The summed E-state index contributed by atoms with van der Waals surface area (Å²) >= 11 is 1.21. The van der Waals surface area contributed by atoms with Crippen molar-refractivity contribution in [3.63, 3.8) is 0 Å². The number of methoxy groups -OCH3 is 1. The Morgan fingerprint density at radius 3 is 3.10 bits per heavy atom. The molecule has 1 saturated heterocycles. The maximum Gasteiger partial charge on any atom is 0.413 e. The van der Waals surface area contributed by atoms with E-state index < -0.39 is 6.09 Å². The molecule has 1 fully saturated rings. The van der Waals surface area contributed by atoms with Crippen molar-refractivity contribution in [3.05, 3.63) is 11.1 Å². The third kappa shape index (κ3) is 3.67. The van der Waals surface area contributed by atoms with E-state index >= 15 is 0 Å². The van der Waals surface area contributed by atoms with Gasteiger partial charge in [0.25, 0.3) is 0 Å². The van der Waals surface area contributed by atoms with Crippen LogP contribution in [-0.4, -0.2) is 54.5 Å². The molecular weight excluding hydrogens is 284 g/mol. The van der Waals surface area contributed by atoms with E-state index in [1.165, 1.54) is 23.3 Å². The van der Waals surface area contributed by atoms with Crippen molar-refractivity contribution in [2.75, 3.05) is 32.1 Å². The number of hydrogen-bond donors (Lipinski definition) is 2. The molecule has 0 aliphatic carbocycles. The van der Waals surface area contributed by atoms with Crippen LogP contribution in [0, 0.1) is 0 Å². The van der Waals surface area contributed by atoms with Gasteiger partial charge in [-0.2, -0.15) is 0 Å².